The molecular weight excluding hydrogens is 301 g/mol. The van der Waals surface area contributed by atoms with E-state index in [4.69, 9.17) is 0 Å². The summed E-state index contributed by atoms with van der Waals surface area (Å²) in [5.74, 6) is -1.51. The highest BCUT2D eigenvalue weighted by molar-refractivity contribution is 6.21. The van der Waals surface area contributed by atoms with E-state index in [1.165, 1.54) is 24.3 Å². The van der Waals surface area contributed by atoms with E-state index < -0.39 is 37.3 Å². The fourth-order valence-corrected chi connectivity index (χ4v) is 1.79. The van der Waals surface area contributed by atoms with Crippen molar-refractivity contribution in [1.29, 1.82) is 0 Å². The Hall–Kier alpha value is -2.03. The predicted octanol–water partition coefficient (Wildman–Crippen LogP) is 2.45. The topological polar surface area (TPSA) is 46.6 Å². The molecule has 0 saturated carbocycles. The number of hydrogen-bond donors (Lipinski definition) is 0. The predicted molar refractivity (Wildman–Crippen MR) is 58.8 cm³/mol. The molecule has 1 aromatic rings. The summed E-state index contributed by atoms with van der Waals surface area (Å²) in [6, 6.07) is 5.73. The van der Waals surface area contributed by atoms with Gasteiger partial charge in [-0.1, -0.05) is 12.1 Å². The number of fused-ring (bicyclic) bond motifs is 1. The molecule has 4 nitrogen and oxygen atoms in total. The molecule has 1 aliphatic rings. The van der Waals surface area contributed by atoms with Crippen LogP contribution in [0.4, 0.5) is 22.0 Å². The lowest BCUT2D eigenvalue weighted by Crippen LogP contribution is -2.42. The van der Waals surface area contributed by atoms with E-state index in [-0.39, 0.29) is 11.1 Å². The first-order chi connectivity index (χ1) is 9.65. The minimum Gasteiger partial charge on any atom is -0.311 e. The van der Waals surface area contributed by atoms with Crippen LogP contribution in [0.5, 0.6) is 0 Å². The van der Waals surface area contributed by atoms with Gasteiger partial charge in [0.2, 0.25) is 0 Å². The molecule has 2 rings (SSSR count). The summed E-state index contributed by atoms with van der Waals surface area (Å²) >= 11 is 0. The Morgan fingerprint density at radius 3 is 1.86 bits per heavy atom. The Balaban J connectivity index is 2.01. The number of benzene rings is 1. The van der Waals surface area contributed by atoms with Gasteiger partial charge in [-0.25, -0.2) is 0 Å². The van der Waals surface area contributed by atoms with Gasteiger partial charge in [0, 0.05) is 0 Å². The summed E-state index contributed by atoms with van der Waals surface area (Å²) < 4.78 is 64.1. The molecule has 0 bridgehead atoms. The summed E-state index contributed by atoms with van der Waals surface area (Å²) in [7, 11) is 0. The Kier molecular flexibility index (Phi) is 3.70. The SMILES string of the molecule is O=C1c2ccccc2C(=O)N1CCOC(F)(F)C(F)(F)F. The van der Waals surface area contributed by atoms with E-state index in [9.17, 15) is 31.5 Å². The third-order valence-electron chi connectivity index (χ3n) is 2.81. The number of imide groups is 1. The molecule has 1 aromatic carbocycles. The zero-order chi connectivity index (χ0) is 15.8. The van der Waals surface area contributed by atoms with Gasteiger partial charge in [0.15, 0.2) is 0 Å². The van der Waals surface area contributed by atoms with Gasteiger partial charge in [-0.05, 0) is 12.1 Å². The number of carbonyl (C=O) groups is 2. The van der Waals surface area contributed by atoms with Crippen LogP contribution in [0.25, 0.3) is 0 Å². The molecule has 0 fully saturated rings. The molecule has 9 heteroatoms. The molecule has 0 unspecified atom stereocenters. The Morgan fingerprint density at radius 1 is 0.952 bits per heavy atom. The molecule has 0 spiro atoms. The highest BCUT2D eigenvalue weighted by Gasteiger charge is 2.59. The first kappa shape index (κ1) is 15.4. The van der Waals surface area contributed by atoms with Crippen LogP contribution in [0.1, 0.15) is 20.7 Å². The molecule has 114 valence electrons. The standard InChI is InChI=1S/C12H8F5NO3/c13-11(14,15)12(16,17)21-6-5-18-9(19)7-3-1-2-4-8(7)10(18)20/h1-4H,5-6H2. The lowest BCUT2D eigenvalue weighted by atomic mass is 10.1. The van der Waals surface area contributed by atoms with Crippen LogP contribution >= 0.6 is 0 Å². The van der Waals surface area contributed by atoms with Crippen molar-refractivity contribution in [1.82, 2.24) is 4.90 Å². The van der Waals surface area contributed by atoms with Crippen molar-refractivity contribution in [2.24, 2.45) is 0 Å². The smallest absolute Gasteiger partial charge is 0.311 e. The number of ether oxygens (including phenoxy) is 1. The number of rotatable bonds is 4. The Morgan fingerprint density at radius 2 is 1.43 bits per heavy atom. The number of nitrogens with zero attached hydrogens (tertiary/aromatic N) is 1. The molecule has 2 amide bonds. The van der Waals surface area contributed by atoms with E-state index in [0.29, 0.717) is 4.90 Å². The van der Waals surface area contributed by atoms with Crippen LogP contribution in [0.2, 0.25) is 0 Å². The van der Waals surface area contributed by atoms with Gasteiger partial charge >= 0.3 is 12.3 Å². The number of alkyl halides is 5. The summed E-state index contributed by atoms with van der Waals surface area (Å²) in [6.45, 7) is -1.82. The highest BCUT2D eigenvalue weighted by Crippen LogP contribution is 2.36. The van der Waals surface area contributed by atoms with Gasteiger partial charge in [-0.15, -0.1) is 0 Å². The third kappa shape index (κ3) is 2.73. The molecule has 0 aromatic heterocycles. The van der Waals surface area contributed by atoms with Gasteiger partial charge in [0.05, 0.1) is 24.3 Å². The van der Waals surface area contributed by atoms with Crippen LogP contribution in [-0.2, 0) is 4.74 Å². The number of amides is 2. The zero-order valence-corrected chi connectivity index (χ0v) is 10.3. The molecule has 1 heterocycles. The molecule has 0 saturated heterocycles. The van der Waals surface area contributed by atoms with Crippen molar-refractivity contribution in [3.05, 3.63) is 35.4 Å². The first-order valence-corrected chi connectivity index (χ1v) is 5.69. The van der Waals surface area contributed by atoms with Gasteiger partial charge in [0.25, 0.3) is 11.8 Å². The zero-order valence-electron chi connectivity index (χ0n) is 10.3. The van der Waals surface area contributed by atoms with E-state index in [1.54, 1.807) is 0 Å². The Labute approximate surface area is 115 Å². The average molecular weight is 309 g/mol. The average Bonchev–Trinajstić information content (AvgIpc) is 2.63. The van der Waals surface area contributed by atoms with Gasteiger partial charge < -0.3 is 4.74 Å². The lowest BCUT2D eigenvalue weighted by molar-refractivity contribution is -0.390. The van der Waals surface area contributed by atoms with Crippen molar-refractivity contribution >= 4 is 11.8 Å². The van der Waals surface area contributed by atoms with Crippen molar-refractivity contribution in [3.8, 4) is 0 Å². The van der Waals surface area contributed by atoms with E-state index in [1.807, 2.05) is 0 Å². The fraction of sp³-hybridized carbons (Fsp3) is 0.333. The third-order valence-corrected chi connectivity index (χ3v) is 2.81. The maximum atomic E-state index is 12.5. The Bertz CT molecular complexity index is 550. The molecule has 0 atom stereocenters. The summed E-state index contributed by atoms with van der Waals surface area (Å²) in [6.07, 6.45) is -11.2. The van der Waals surface area contributed by atoms with Gasteiger partial charge in [-0.2, -0.15) is 22.0 Å². The highest BCUT2D eigenvalue weighted by atomic mass is 19.4. The van der Waals surface area contributed by atoms with E-state index >= 15 is 0 Å². The summed E-state index contributed by atoms with van der Waals surface area (Å²) in [4.78, 5) is 24.2. The molecule has 21 heavy (non-hydrogen) atoms. The maximum Gasteiger partial charge on any atom is 0.482 e. The minimum atomic E-state index is -5.85. The number of carbonyl (C=O) groups excluding carboxylic acids is 2. The largest absolute Gasteiger partial charge is 0.482 e. The molecule has 0 radical (unpaired) electrons. The fourth-order valence-electron chi connectivity index (χ4n) is 1.79. The minimum absolute atomic E-state index is 0.0741. The second kappa shape index (κ2) is 5.06. The van der Waals surface area contributed by atoms with Gasteiger partial charge in [-0.3, -0.25) is 14.5 Å². The van der Waals surface area contributed by atoms with Crippen LogP contribution in [0.15, 0.2) is 24.3 Å². The number of hydrogen-bond acceptors (Lipinski definition) is 3. The van der Waals surface area contributed by atoms with Crippen molar-refractivity contribution in [2.75, 3.05) is 13.2 Å². The number of halogens is 5. The van der Waals surface area contributed by atoms with E-state index in [0.717, 1.165) is 0 Å². The molecular formula is C12H8F5NO3. The van der Waals surface area contributed by atoms with Crippen molar-refractivity contribution in [3.63, 3.8) is 0 Å². The second-order valence-corrected chi connectivity index (χ2v) is 4.17. The van der Waals surface area contributed by atoms with Crippen LogP contribution in [0.3, 0.4) is 0 Å². The van der Waals surface area contributed by atoms with Crippen LogP contribution < -0.4 is 0 Å². The monoisotopic (exact) mass is 309 g/mol. The molecule has 0 aliphatic carbocycles. The molecule has 0 N–H and O–H groups in total. The van der Waals surface area contributed by atoms with E-state index in [2.05, 4.69) is 4.74 Å². The molecule has 1 aliphatic heterocycles. The summed E-state index contributed by atoms with van der Waals surface area (Å²) in [5, 5.41) is 0. The van der Waals surface area contributed by atoms with Gasteiger partial charge in [0.1, 0.15) is 0 Å². The van der Waals surface area contributed by atoms with Crippen LogP contribution in [0, 0.1) is 0 Å². The normalized spacial score (nSPS) is 15.6. The van der Waals surface area contributed by atoms with Crippen molar-refractivity contribution < 1.29 is 36.3 Å². The van der Waals surface area contributed by atoms with Crippen LogP contribution in [-0.4, -0.2) is 42.2 Å². The summed E-state index contributed by atoms with van der Waals surface area (Å²) in [5.41, 5.74) is 0.148. The van der Waals surface area contributed by atoms with Crippen molar-refractivity contribution in [2.45, 2.75) is 12.3 Å². The first-order valence-electron chi connectivity index (χ1n) is 5.69. The quantitative estimate of drug-likeness (QED) is 0.634. The maximum absolute atomic E-state index is 12.5. The lowest BCUT2D eigenvalue weighted by Gasteiger charge is -2.21. The second-order valence-electron chi connectivity index (χ2n) is 4.17.